The van der Waals surface area contributed by atoms with Crippen molar-refractivity contribution in [2.75, 3.05) is 23.3 Å². The van der Waals surface area contributed by atoms with E-state index in [2.05, 4.69) is 61.0 Å². The van der Waals surface area contributed by atoms with Crippen LogP contribution >= 0.6 is 0 Å². The van der Waals surface area contributed by atoms with Crippen molar-refractivity contribution in [3.63, 3.8) is 0 Å². The van der Waals surface area contributed by atoms with Gasteiger partial charge in [0.05, 0.1) is 5.39 Å². The summed E-state index contributed by atoms with van der Waals surface area (Å²) in [6.45, 7) is 4.83. The SMILES string of the molecule is Cc1cc(Nc2nc(N3CC4C(C3)C4NCc3ccccc3)nc3ncccc23)n[nH]1. The van der Waals surface area contributed by atoms with Gasteiger partial charge in [-0.25, -0.2) is 4.98 Å². The number of aryl methyl sites for hydroxylation is 1. The molecule has 4 aromatic rings. The molecule has 1 aliphatic carbocycles. The summed E-state index contributed by atoms with van der Waals surface area (Å²) in [6.07, 6.45) is 1.77. The van der Waals surface area contributed by atoms with Crippen molar-refractivity contribution in [3.05, 3.63) is 66.0 Å². The van der Waals surface area contributed by atoms with E-state index in [1.165, 1.54) is 5.56 Å². The van der Waals surface area contributed by atoms with Crippen LogP contribution in [0, 0.1) is 18.8 Å². The summed E-state index contributed by atoms with van der Waals surface area (Å²) < 4.78 is 0. The van der Waals surface area contributed by atoms with E-state index in [4.69, 9.17) is 9.97 Å². The molecule has 6 rings (SSSR count). The van der Waals surface area contributed by atoms with Crippen molar-refractivity contribution < 1.29 is 0 Å². The van der Waals surface area contributed by atoms with Gasteiger partial charge in [0, 0.05) is 43.6 Å². The Balaban J connectivity index is 1.18. The fourth-order valence-corrected chi connectivity index (χ4v) is 4.61. The van der Waals surface area contributed by atoms with E-state index < -0.39 is 0 Å². The second-order valence-electron chi connectivity index (χ2n) is 8.43. The number of nitrogens with one attached hydrogen (secondary N) is 3. The molecule has 3 aromatic heterocycles. The summed E-state index contributed by atoms with van der Waals surface area (Å²) in [5.41, 5.74) is 3.02. The molecule has 0 bridgehead atoms. The molecule has 2 atom stereocenters. The number of anilines is 3. The van der Waals surface area contributed by atoms with Crippen molar-refractivity contribution in [2.45, 2.75) is 19.5 Å². The minimum atomic E-state index is 0.583. The smallest absolute Gasteiger partial charge is 0.229 e. The standard InChI is InChI=1S/C23H24N8/c1-14-10-19(30-29-14)26-22-16-8-5-9-24-21(16)27-23(28-22)31-12-17-18(13-31)20(17)25-11-15-6-3-2-4-7-15/h2-10,17-18,20,25H,11-13H2,1H3,(H2,24,26,27,28,29,30). The van der Waals surface area contributed by atoms with Crippen LogP contribution in [0.5, 0.6) is 0 Å². The van der Waals surface area contributed by atoms with Gasteiger partial charge in [0.15, 0.2) is 11.5 Å². The molecular weight excluding hydrogens is 388 g/mol. The molecule has 1 aromatic carbocycles. The van der Waals surface area contributed by atoms with Gasteiger partial charge < -0.3 is 15.5 Å². The van der Waals surface area contributed by atoms with Crippen LogP contribution in [-0.2, 0) is 6.54 Å². The Labute approximate surface area is 180 Å². The van der Waals surface area contributed by atoms with Crippen LogP contribution in [0.2, 0.25) is 0 Å². The van der Waals surface area contributed by atoms with Crippen molar-refractivity contribution in [2.24, 2.45) is 11.8 Å². The van der Waals surface area contributed by atoms with Crippen molar-refractivity contribution in [1.29, 1.82) is 0 Å². The van der Waals surface area contributed by atoms with Gasteiger partial charge in [0.1, 0.15) is 5.82 Å². The maximum atomic E-state index is 4.85. The lowest BCUT2D eigenvalue weighted by Crippen LogP contribution is -2.32. The molecule has 8 heteroatoms. The Morgan fingerprint density at radius 1 is 1.06 bits per heavy atom. The van der Waals surface area contributed by atoms with E-state index >= 15 is 0 Å². The summed E-state index contributed by atoms with van der Waals surface area (Å²) in [6, 6.07) is 17.0. The van der Waals surface area contributed by atoms with Crippen molar-refractivity contribution >= 4 is 28.6 Å². The van der Waals surface area contributed by atoms with E-state index in [-0.39, 0.29) is 0 Å². The Morgan fingerprint density at radius 3 is 2.68 bits per heavy atom. The zero-order chi connectivity index (χ0) is 20.8. The zero-order valence-electron chi connectivity index (χ0n) is 17.3. The average Bonchev–Trinajstić information content (AvgIpc) is 3.10. The lowest BCUT2D eigenvalue weighted by atomic mass is 10.2. The van der Waals surface area contributed by atoms with Gasteiger partial charge in [0.25, 0.3) is 0 Å². The Kier molecular flexibility index (Phi) is 4.31. The number of nitrogens with zero attached hydrogens (tertiary/aromatic N) is 5. The van der Waals surface area contributed by atoms with Crippen molar-refractivity contribution in [1.82, 2.24) is 30.5 Å². The maximum absolute atomic E-state index is 4.85. The molecule has 156 valence electrons. The molecular formula is C23H24N8. The average molecular weight is 413 g/mol. The molecule has 31 heavy (non-hydrogen) atoms. The predicted molar refractivity (Wildman–Crippen MR) is 120 cm³/mol. The number of aromatic nitrogens is 5. The molecule has 0 amide bonds. The van der Waals surface area contributed by atoms with E-state index in [0.717, 1.165) is 48.3 Å². The molecule has 8 nitrogen and oxygen atoms in total. The fraction of sp³-hybridized carbons (Fsp3) is 0.304. The van der Waals surface area contributed by atoms with Gasteiger partial charge in [-0.05, 0) is 36.5 Å². The van der Waals surface area contributed by atoms with Gasteiger partial charge in [-0.3, -0.25) is 5.10 Å². The Bertz CT molecular complexity index is 1210. The first-order chi connectivity index (χ1) is 15.2. The van der Waals surface area contributed by atoms with Crippen LogP contribution in [-0.4, -0.2) is 44.3 Å². The number of hydrogen-bond acceptors (Lipinski definition) is 7. The lowest BCUT2D eigenvalue weighted by molar-refractivity contribution is 0.588. The number of aromatic amines is 1. The van der Waals surface area contributed by atoms with Crippen LogP contribution in [0.3, 0.4) is 0 Å². The molecule has 1 saturated heterocycles. The number of hydrogen-bond donors (Lipinski definition) is 3. The fourth-order valence-electron chi connectivity index (χ4n) is 4.61. The first-order valence-electron chi connectivity index (χ1n) is 10.7. The monoisotopic (exact) mass is 412 g/mol. The minimum Gasteiger partial charge on any atom is -0.340 e. The molecule has 2 aliphatic rings. The first kappa shape index (κ1) is 18.3. The van der Waals surface area contributed by atoms with E-state index in [9.17, 15) is 0 Å². The molecule has 0 spiro atoms. The van der Waals surface area contributed by atoms with Crippen LogP contribution < -0.4 is 15.5 Å². The highest BCUT2D eigenvalue weighted by molar-refractivity contribution is 5.89. The minimum absolute atomic E-state index is 0.583. The molecule has 0 radical (unpaired) electrons. The topological polar surface area (TPSA) is 94.7 Å². The summed E-state index contributed by atoms with van der Waals surface area (Å²) >= 11 is 0. The molecule has 2 unspecified atom stereocenters. The second kappa shape index (κ2) is 7.31. The Hall–Kier alpha value is -3.52. The van der Waals surface area contributed by atoms with Crippen molar-refractivity contribution in [3.8, 4) is 0 Å². The number of fused-ring (bicyclic) bond motifs is 2. The van der Waals surface area contributed by atoms with Crippen LogP contribution in [0.4, 0.5) is 17.6 Å². The highest BCUT2D eigenvalue weighted by Crippen LogP contribution is 2.46. The van der Waals surface area contributed by atoms with E-state index in [0.29, 0.717) is 23.5 Å². The summed E-state index contributed by atoms with van der Waals surface area (Å²) in [7, 11) is 0. The van der Waals surface area contributed by atoms with E-state index in [1.54, 1.807) is 6.20 Å². The van der Waals surface area contributed by atoms with Crippen LogP contribution in [0.25, 0.3) is 11.0 Å². The van der Waals surface area contributed by atoms with Gasteiger partial charge in [-0.15, -0.1) is 0 Å². The molecule has 1 aliphatic heterocycles. The number of pyridine rings is 1. The van der Waals surface area contributed by atoms with Gasteiger partial charge in [-0.1, -0.05) is 30.3 Å². The van der Waals surface area contributed by atoms with Crippen LogP contribution in [0.1, 0.15) is 11.3 Å². The molecule has 3 N–H and O–H groups in total. The highest BCUT2D eigenvalue weighted by Gasteiger charge is 2.56. The number of benzene rings is 1. The predicted octanol–water partition coefficient (Wildman–Crippen LogP) is 3.02. The third kappa shape index (κ3) is 3.48. The largest absolute Gasteiger partial charge is 0.340 e. The second-order valence-corrected chi connectivity index (χ2v) is 8.43. The third-order valence-electron chi connectivity index (χ3n) is 6.27. The Morgan fingerprint density at radius 2 is 1.90 bits per heavy atom. The van der Waals surface area contributed by atoms with Gasteiger partial charge in [-0.2, -0.15) is 15.1 Å². The van der Waals surface area contributed by atoms with E-state index in [1.807, 2.05) is 25.1 Å². The number of H-pyrrole nitrogens is 1. The summed E-state index contributed by atoms with van der Waals surface area (Å²) in [5, 5.41) is 15.2. The first-order valence-corrected chi connectivity index (χ1v) is 10.7. The van der Waals surface area contributed by atoms with Gasteiger partial charge in [0.2, 0.25) is 5.95 Å². The number of rotatable bonds is 6. The molecule has 4 heterocycles. The quantitative estimate of drug-likeness (QED) is 0.448. The number of piperidine rings is 1. The lowest BCUT2D eigenvalue weighted by Gasteiger charge is -2.21. The van der Waals surface area contributed by atoms with Crippen LogP contribution in [0.15, 0.2) is 54.7 Å². The molecule has 1 saturated carbocycles. The third-order valence-corrected chi connectivity index (χ3v) is 6.27. The van der Waals surface area contributed by atoms with Gasteiger partial charge >= 0.3 is 0 Å². The zero-order valence-corrected chi connectivity index (χ0v) is 17.3. The highest BCUT2D eigenvalue weighted by atomic mass is 15.3. The summed E-state index contributed by atoms with van der Waals surface area (Å²) in [5.74, 6) is 3.50. The maximum Gasteiger partial charge on any atom is 0.229 e. The summed E-state index contributed by atoms with van der Waals surface area (Å²) in [4.78, 5) is 16.4. The normalized spacial score (nSPS) is 22.0. The molecule has 2 fully saturated rings.